The van der Waals surface area contributed by atoms with E-state index in [9.17, 15) is 18.5 Å². The summed E-state index contributed by atoms with van der Waals surface area (Å²) in [5.74, 6) is 0.357. The number of sulfonamides is 1. The average molecular weight is 430 g/mol. The number of ether oxygens (including phenoxy) is 1. The molecule has 2 aromatic rings. The van der Waals surface area contributed by atoms with Crippen molar-refractivity contribution in [2.24, 2.45) is 0 Å². The lowest BCUT2D eigenvalue weighted by atomic mass is 10.1. The number of fused-ring (bicyclic) bond motifs is 1. The number of piperazine rings is 1. The van der Waals surface area contributed by atoms with Crippen LogP contribution in [0.1, 0.15) is 6.42 Å². The van der Waals surface area contributed by atoms with Gasteiger partial charge in [0.2, 0.25) is 0 Å². The Morgan fingerprint density at radius 3 is 2.77 bits per heavy atom. The first-order valence-corrected chi connectivity index (χ1v) is 11.0. The molecule has 0 bridgehead atoms. The lowest BCUT2D eigenvalue weighted by Crippen LogP contribution is -2.49. The van der Waals surface area contributed by atoms with E-state index in [2.05, 4.69) is 21.9 Å². The van der Waals surface area contributed by atoms with Gasteiger partial charge in [-0.15, -0.1) is 0 Å². The summed E-state index contributed by atoms with van der Waals surface area (Å²) < 4.78 is 33.3. The summed E-state index contributed by atoms with van der Waals surface area (Å²) in [4.78, 5) is 15.2. The van der Waals surface area contributed by atoms with Crippen molar-refractivity contribution in [3.63, 3.8) is 0 Å². The predicted molar refractivity (Wildman–Crippen MR) is 113 cm³/mol. The molecule has 0 amide bonds. The number of para-hydroxylation sites is 2. The molecule has 1 saturated heterocycles. The summed E-state index contributed by atoms with van der Waals surface area (Å²) >= 11 is 0. The Bertz CT molecular complexity index is 1100. The van der Waals surface area contributed by atoms with Crippen molar-refractivity contribution in [1.29, 1.82) is 0 Å². The van der Waals surface area contributed by atoms with E-state index in [0.29, 0.717) is 24.5 Å². The first kappa shape index (κ1) is 20.0. The van der Waals surface area contributed by atoms with E-state index >= 15 is 0 Å². The molecular weight excluding hydrogens is 408 g/mol. The third kappa shape index (κ3) is 3.78. The van der Waals surface area contributed by atoms with Gasteiger partial charge in [-0.1, -0.05) is 18.2 Å². The summed E-state index contributed by atoms with van der Waals surface area (Å²) in [6.07, 6.45) is 5.07. The van der Waals surface area contributed by atoms with E-state index in [1.54, 1.807) is 24.3 Å². The highest BCUT2D eigenvalue weighted by molar-refractivity contribution is 7.92. The molecule has 0 aliphatic carbocycles. The van der Waals surface area contributed by atoms with Crippen molar-refractivity contribution in [2.75, 3.05) is 36.4 Å². The van der Waals surface area contributed by atoms with Crippen molar-refractivity contribution >= 4 is 27.1 Å². The van der Waals surface area contributed by atoms with E-state index in [1.807, 2.05) is 4.90 Å². The van der Waals surface area contributed by atoms with E-state index in [1.165, 1.54) is 19.2 Å². The van der Waals surface area contributed by atoms with Gasteiger partial charge in [0.1, 0.15) is 11.4 Å². The largest absolute Gasteiger partial charge is 0.495 e. The van der Waals surface area contributed by atoms with Crippen LogP contribution in [0.15, 0.2) is 59.6 Å². The number of hydrogen-bond acceptors (Lipinski definition) is 7. The Labute approximate surface area is 174 Å². The van der Waals surface area contributed by atoms with Crippen LogP contribution in [0.4, 0.5) is 17.1 Å². The molecule has 2 aliphatic rings. The fraction of sp³-hybridized carbons (Fsp3) is 0.300. The Kier molecular flexibility index (Phi) is 5.25. The van der Waals surface area contributed by atoms with Crippen LogP contribution >= 0.6 is 0 Å². The van der Waals surface area contributed by atoms with Crippen molar-refractivity contribution in [3.05, 3.63) is 64.9 Å². The third-order valence-electron chi connectivity index (χ3n) is 5.38. The molecule has 2 aromatic carbocycles. The molecule has 30 heavy (non-hydrogen) atoms. The van der Waals surface area contributed by atoms with Crippen LogP contribution in [0, 0.1) is 10.1 Å². The van der Waals surface area contributed by atoms with Crippen LogP contribution in [0.3, 0.4) is 0 Å². The average Bonchev–Trinajstić information content (AvgIpc) is 3.21. The molecule has 158 valence electrons. The van der Waals surface area contributed by atoms with Gasteiger partial charge in [0, 0.05) is 31.7 Å². The maximum atomic E-state index is 12.9. The molecule has 9 nitrogen and oxygen atoms in total. The molecule has 10 heteroatoms. The first-order chi connectivity index (χ1) is 14.4. The van der Waals surface area contributed by atoms with Crippen LogP contribution < -0.4 is 14.4 Å². The van der Waals surface area contributed by atoms with Gasteiger partial charge in [-0.2, -0.15) is 0 Å². The highest BCUT2D eigenvalue weighted by atomic mass is 32.2. The molecule has 0 aromatic heterocycles. The number of nitro benzene ring substituents is 1. The number of nitrogens with zero attached hydrogens (tertiary/aromatic N) is 3. The molecule has 0 radical (unpaired) electrons. The zero-order chi connectivity index (χ0) is 21.3. The van der Waals surface area contributed by atoms with Crippen LogP contribution in [-0.4, -0.2) is 51.0 Å². The fourth-order valence-electron chi connectivity index (χ4n) is 3.86. The van der Waals surface area contributed by atoms with Crippen LogP contribution in [0.5, 0.6) is 5.75 Å². The van der Waals surface area contributed by atoms with Gasteiger partial charge >= 0.3 is 0 Å². The minimum Gasteiger partial charge on any atom is -0.495 e. The second kappa shape index (κ2) is 7.86. The van der Waals surface area contributed by atoms with Crippen molar-refractivity contribution in [2.45, 2.75) is 17.4 Å². The van der Waals surface area contributed by atoms with Crippen molar-refractivity contribution in [1.82, 2.24) is 4.90 Å². The third-order valence-corrected chi connectivity index (χ3v) is 6.74. The quantitative estimate of drug-likeness (QED) is 0.555. The smallest absolute Gasteiger partial charge is 0.293 e. The zero-order valence-electron chi connectivity index (χ0n) is 16.4. The van der Waals surface area contributed by atoms with Crippen LogP contribution in [0.2, 0.25) is 0 Å². The maximum Gasteiger partial charge on any atom is 0.293 e. The van der Waals surface area contributed by atoms with Crippen molar-refractivity contribution < 1.29 is 18.1 Å². The van der Waals surface area contributed by atoms with E-state index < -0.39 is 14.9 Å². The monoisotopic (exact) mass is 430 g/mol. The van der Waals surface area contributed by atoms with Gasteiger partial charge in [-0.3, -0.25) is 14.8 Å². The van der Waals surface area contributed by atoms with Gasteiger partial charge < -0.3 is 14.5 Å². The molecule has 4 rings (SSSR count). The number of nitrogens with one attached hydrogen (secondary N) is 1. The van der Waals surface area contributed by atoms with Gasteiger partial charge in [-0.25, -0.2) is 8.42 Å². The Balaban J connectivity index is 1.63. The topological polar surface area (TPSA) is 105 Å². The second-order valence-corrected chi connectivity index (χ2v) is 8.85. The Hall–Kier alpha value is -3.27. The summed E-state index contributed by atoms with van der Waals surface area (Å²) in [5.41, 5.74) is 0.469. The van der Waals surface area contributed by atoms with Gasteiger partial charge in [0.15, 0.2) is 0 Å². The molecule has 1 N–H and O–H groups in total. The number of benzene rings is 2. The summed E-state index contributed by atoms with van der Waals surface area (Å²) in [6.45, 7) is 2.06. The molecule has 1 unspecified atom stereocenters. The molecule has 0 saturated carbocycles. The Morgan fingerprint density at radius 2 is 2.00 bits per heavy atom. The van der Waals surface area contributed by atoms with Crippen LogP contribution in [0.25, 0.3) is 0 Å². The highest BCUT2D eigenvalue weighted by Gasteiger charge is 2.31. The SMILES string of the molecule is COc1ccccc1NS(=O)(=O)c1ccc(N2CCN3C=CCC3C2)c([N+](=O)[O-])c1. The number of rotatable bonds is 6. The molecule has 2 heterocycles. The number of anilines is 2. The molecule has 2 aliphatic heterocycles. The molecule has 0 spiro atoms. The normalized spacial score (nSPS) is 18.2. The zero-order valence-corrected chi connectivity index (χ0v) is 17.2. The van der Waals surface area contributed by atoms with Gasteiger partial charge in [-0.05, 0) is 36.9 Å². The number of nitro groups is 1. The summed E-state index contributed by atoms with van der Waals surface area (Å²) in [7, 11) is -2.60. The van der Waals surface area contributed by atoms with Crippen LogP contribution in [-0.2, 0) is 10.0 Å². The predicted octanol–water partition coefficient (Wildman–Crippen LogP) is 2.81. The first-order valence-electron chi connectivity index (χ1n) is 9.50. The minimum atomic E-state index is -4.03. The van der Waals surface area contributed by atoms with Gasteiger partial charge in [0.05, 0.1) is 22.6 Å². The number of methoxy groups -OCH3 is 1. The standard InChI is InChI=1S/C20H22N4O5S/c1-29-20-7-3-2-6-17(20)21-30(27,28)16-8-9-18(19(13-16)24(25)26)23-12-11-22-10-4-5-15(22)14-23/h2-4,6-10,13,15,21H,5,11-12,14H2,1H3. The van der Waals surface area contributed by atoms with E-state index in [0.717, 1.165) is 19.0 Å². The minimum absolute atomic E-state index is 0.176. The lowest BCUT2D eigenvalue weighted by molar-refractivity contribution is -0.384. The summed E-state index contributed by atoms with van der Waals surface area (Å²) in [6, 6.07) is 10.9. The molecular formula is C20H22N4O5S. The van der Waals surface area contributed by atoms with E-state index in [-0.39, 0.29) is 22.3 Å². The fourth-order valence-corrected chi connectivity index (χ4v) is 4.95. The lowest BCUT2D eigenvalue weighted by Gasteiger charge is -2.39. The number of hydrogen-bond donors (Lipinski definition) is 1. The summed E-state index contributed by atoms with van der Waals surface area (Å²) in [5, 5.41) is 11.8. The molecule has 1 atom stereocenters. The van der Waals surface area contributed by atoms with Crippen molar-refractivity contribution in [3.8, 4) is 5.75 Å². The molecule has 1 fully saturated rings. The van der Waals surface area contributed by atoms with Gasteiger partial charge in [0.25, 0.3) is 15.7 Å². The highest BCUT2D eigenvalue weighted by Crippen LogP contribution is 2.34. The Morgan fingerprint density at radius 1 is 1.20 bits per heavy atom. The van der Waals surface area contributed by atoms with E-state index in [4.69, 9.17) is 4.74 Å². The second-order valence-electron chi connectivity index (χ2n) is 7.17. The maximum absolute atomic E-state index is 12.9.